The molecule has 0 spiro atoms. The lowest BCUT2D eigenvalue weighted by atomic mass is 10.2. The summed E-state index contributed by atoms with van der Waals surface area (Å²) in [6.45, 7) is 0.254. The van der Waals surface area contributed by atoms with Gasteiger partial charge in [0.2, 0.25) is 10.0 Å². The molecule has 0 saturated carbocycles. The number of carbonyl (C=O) groups is 1. The number of halogens is 1. The largest absolute Gasteiger partial charge is 0.461 e. The molecule has 0 radical (unpaired) electrons. The van der Waals surface area contributed by atoms with Crippen LogP contribution >= 0.6 is 0 Å². The van der Waals surface area contributed by atoms with Gasteiger partial charge in [0, 0.05) is 13.0 Å². The number of esters is 1. The van der Waals surface area contributed by atoms with E-state index in [9.17, 15) is 17.6 Å². The zero-order valence-electron chi connectivity index (χ0n) is 14.1. The zero-order chi connectivity index (χ0) is 18.8. The molecule has 7 heteroatoms. The van der Waals surface area contributed by atoms with Gasteiger partial charge in [0.1, 0.15) is 12.4 Å². The second kappa shape index (κ2) is 9.84. The third-order valence-corrected chi connectivity index (χ3v) is 4.90. The second-order valence-electron chi connectivity index (χ2n) is 5.45. The van der Waals surface area contributed by atoms with E-state index in [0.717, 1.165) is 17.7 Å². The lowest BCUT2D eigenvalue weighted by molar-refractivity contribution is -0.142. The van der Waals surface area contributed by atoms with E-state index in [-0.39, 0.29) is 24.5 Å². The summed E-state index contributed by atoms with van der Waals surface area (Å²) in [5.74, 6) is -0.906. The van der Waals surface area contributed by atoms with E-state index in [2.05, 4.69) is 4.72 Å². The molecule has 0 amide bonds. The molecule has 2 aromatic carbocycles. The Morgan fingerprint density at radius 2 is 1.77 bits per heavy atom. The zero-order valence-corrected chi connectivity index (χ0v) is 14.9. The fourth-order valence-corrected chi connectivity index (χ4v) is 3.17. The van der Waals surface area contributed by atoms with Gasteiger partial charge in [-0.25, -0.2) is 17.5 Å². The molecule has 0 aromatic heterocycles. The van der Waals surface area contributed by atoms with E-state index in [1.165, 1.54) is 12.1 Å². The van der Waals surface area contributed by atoms with Gasteiger partial charge in [-0.15, -0.1) is 0 Å². The van der Waals surface area contributed by atoms with Crippen molar-refractivity contribution in [2.24, 2.45) is 0 Å². The summed E-state index contributed by atoms with van der Waals surface area (Å²) in [6.07, 6.45) is 4.00. The fourth-order valence-electron chi connectivity index (χ4n) is 2.10. The molecule has 2 rings (SSSR count). The summed E-state index contributed by atoms with van der Waals surface area (Å²) in [5.41, 5.74) is 1.01. The number of sulfonamides is 1. The molecule has 26 heavy (non-hydrogen) atoms. The highest BCUT2D eigenvalue weighted by atomic mass is 32.2. The minimum atomic E-state index is -3.71. The maximum Gasteiger partial charge on any atom is 0.306 e. The van der Waals surface area contributed by atoms with Gasteiger partial charge in [0.15, 0.2) is 0 Å². The Balaban J connectivity index is 1.65. The quantitative estimate of drug-likeness (QED) is 0.538. The summed E-state index contributed by atoms with van der Waals surface area (Å²) >= 11 is 0. The molecule has 0 heterocycles. The third-order valence-electron chi connectivity index (χ3n) is 3.42. The molecule has 0 unspecified atom stereocenters. The summed E-state index contributed by atoms with van der Waals surface area (Å²) in [6, 6.07) is 14.1. The summed E-state index contributed by atoms with van der Waals surface area (Å²) < 4.78 is 44.2. The molecule has 1 N–H and O–H groups in total. The van der Waals surface area contributed by atoms with Crippen LogP contribution in [0.2, 0.25) is 0 Å². The highest BCUT2D eigenvalue weighted by molar-refractivity contribution is 7.89. The van der Waals surface area contributed by atoms with Crippen LogP contribution in [0.15, 0.2) is 65.6 Å². The lowest BCUT2D eigenvalue weighted by Gasteiger charge is -2.06. The molecule has 138 valence electrons. The van der Waals surface area contributed by atoms with E-state index >= 15 is 0 Å². The van der Waals surface area contributed by atoms with Crippen molar-refractivity contribution >= 4 is 22.1 Å². The Morgan fingerprint density at radius 3 is 2.46 bits per heavy atom. The number of benzene rings is 2. The highest BCUT2D eigenvalue weighted by Gasteiger charge is 2.13. The molecule has 5 nitrogen and oxygen atoms in total. The van der Waals surface area contributed by atoms with Gasteiger partial charge in [-0.1, -0.05) is 36.4 Å². The maximum absolute atomic E-state index is 12.8. The van der Waals surface area contributed by atoms with Crippen LogP contribution in [0.3, 0.4) is 0 Å². The number of ether oxygens (including phenoxy) is 1. The van der Waals surface area contributed by atoms with E-state index < -0.39 is 21.8 Å². The van der Waals surface area contributed by atoms with Gasteiger partial charge in [-0.05, 0) is 42.3 Å². The number of hydrogen-bond acceptors (Lipinski definition) is 4. The standard InChI is InChI=1S/C19H20FNO4S/c20-17-10-12-18(13-11-17)26(23,24)21-14-4-9-19(22)25-15-5-8-16-6-2-1-3-7-16/h1-3,5-8,10-13,21H,4,9,14-15H2. The van der Waals surface area contributed by atoms with Gasteiger partial charge in [-0.3, -0.25) is 4.79 Å². The van der Waals surface area contributed by atoms with Gasteiger partial charge in [-0.2, -0.15) is 0 Å². The Hall–Kier alpha value is -2.51. The van der Waals surface area contributed by atoms with Gasteiger partial charge >= 0.3 is 5.97 Å². The minimum absolute atomic E-state index is 0.0208. The van der Waals surface area contributed by atoms with Gasteiger partial charge in [0.25, 0.3) is 0 Å². The van der Waals surface area contributed by atoms with Crippen molar-refractivity contribution in [1.29, 1.82) is 0 Å². The third kappa shape index (κ3) is 6.78. The Labute approximate surface area is 152 Å². The molecule has 0 bridgehead atoms. The molecular weight excluding hydrogens is 357 g/mol. The summed E-state index contributed by atoms with van der Waals surface area (Å²) in [5, 5.41) is 0. The van der Waals surface area contributed by atoms with Crippen LogP contribution in [0.1, 0.15) is 18.4 Å². The van der Waals surface area contributed by atoms with Crippen molar-refractivity contribution in [3.05, 3.63) is 72.1 Å². The van der Waals surface area contributed by atoms with E-state index in [1.807, 2.05) is 36.4 Å². The van der Waals surface area contributed by atoms with Crippen LogP contribution < -0.4 is 4.72 Å². The number of rotatable bonds is 9. The van der Waals surface area contributed by atoms with E-state index in [1.54, 1.807) is 6.08 Å². The molecule has 0 aliphatic carbocycles. The molecular formula is C19H20FNO4S. The molecule has 0 fully saturated rings. The fraction of sp³-hybridized carbons (Fsp3) is 0.211. The van der Waals surface area contributed by atoms with Crippen LogP contribution in [0, 0.1) is 5.82 Å². The molecule has 2 aromatic rings. The first-order chi connectivity index (χ1) is 12.5. The number of carbonyl (C=O) groups excluding carboxylic acids is 1. The van der Waals surface area contributed by atoms with Crippen LogP contribution in [-0.4, -0.2) is 27.5 Å². The molecule has 0 saturated heterocycles. The van der Waals surface area contributed by atoms with E-state index in [0.29, 0.717) is 6.42 Å². The molecule has 0 aliphatic rings. The Kier molecular flexibility index (Phi) is 7.50. The predicted octanol–water partition coefficient (Wildman–Crippen LogP) is 3.14. The molecule has 0 aliphatic heterocycles. The van der Waals surface area contributed by atoms with Crippen molar-refractivity contribution in [2.75, 3.05) is 13.2 Å². The smallest absolute Gasteiger partial charge is 0.306 e. The number of hydrogen-bond donors (Lipinski definition) is 1. The van der Waals surface area contributed by atoms with Crippen LogP contribution in [0.25, 0.3) is 6.08 Å². The first-order valence-corrected chi connectivity index (χ1v) is 9.58. The average molecular weight is 377 g/mol. The Morgan fingerprint density at radius 1 is 1.08 bits per heavy atom. The first-order valence-electron chi connectivity index (χ1n) is 8.10. The van der Waals surface area contributed by atoms with Gasteiger partial charge < -0.3 is 4.74 Å². The first kappa shape index (κ1) is 19.8. The van der Waals surface area contributed by atoms with Crippen LogP contribution in [-0.2, 0) is 19.6 Å². The maximum atomic E-state index is 12.8. The normalized spacial score (nSPS) is 11.6. The van der Waals surface area contributed by atoms with Crippen molar-refractivity contribution in [3.8, 4) is 0 Å². The van der Waals surface area contributed by atoms with Crippen molar-refractivity contribution in [1.82, 2.24) is 4.72 Å². The van der Waals surface area contributed by atoms with Crippen molar-refractivity contribution < 1.29 is 22.3 Å². The summed E-state index contributed by atoms with van der Waals surface area (Å²) in [4.78, 5) is 11.6. The van der Waals surface area contributed by atoms with Crippen LogP contribution in [0.5, 0.6) is 0 Å². The van der Waals surface area contributed by atoms with Gasteiger partial charge in [0.05, 0.1) is 4.90 Å². The predicted molar refractivity (Wildman–Crippen MR) is 97.3 cm³/mol. The summed E-state index contributed by atoms with van der Waals surface area (Å²) in [7, 11) is -3.71. The molecule has 0 atom stereocenters. The minimum Gasteiger partial charge on any atom is -0.461 e. The highest BCUT2D eigenvalue weighted by Crippen LogP contribution is 2.09. The second-order valence-corrected chi connectivity index (χ2v) is 7.22. The van der Waals surface area contributed by atoms with E-state index in [4.69, 9.17) is 4.74 Å². The van der Waals surface area contributed by atoms with Crippen LogP contribution in [0.4, 0.5) is 4.39 Å². The van der Waals surface area contributed by atoms with Crippen molar-refractivity contribution in [3.63, 3.8) is 0 Å². The topological polar surface area (TPSA) is 72.5 Å². The Bertz CT molecular complexity index is 834. The average Bonchev–Trinajstić information content (AvgIpc) is 2.64. The SMILES string of the molecule is O=C(CCCNS(=O)(=O)c1ccc(F)cc1)OCC=Cc1ccccc1. The lowest BCUT2D eigenvalue weighted by Crippen LogP contribution is -2.25. The monoisotopic (exact) mass is 377 g/mol. The van der Waals surface area contributed by atoms with Crippen molar-refractivity contribution in [2.45, 2.75) is 17.7 Å². The number of nitrogens with one attached hydrogen (secondary N) is 1.